The number of hydrogen-bond acceptors (Lipinski definition) is 2. The van der Waals surface area contributed by atoms with E-state index in [2.05, 4.69) is 0 Å². The second-order valence-corrected chi connectivity index (χ2v) is 3.95. The fourth-order valence-corrected chi connectivity index (χ4v) is 2.09. The lowest BCUT2D eigenvalue weighted by Crippen LogP contribution is -2.35. The van der Waals surface area contributed by atoms with E-state index in [1.165, 1.54) is 5.56 Å². The molecule has 2 nitrogen and oxygen atoms in total. The summed E-state index contributed by atoms with van der Waals surface area (Å²) < 4.78 is 0. The lowest BCUT2D eigenvalue weighted by molar-refractivity contribution is 0.714. The lowest BCUT2D eigenvalue weighted by Gasteiger charge is -2.27. The molecule has 1 heterocycles. The van der Waals surface area contributed by atoms with Crippen LogP contribution in [0.5, 0.6) is 0 Å². The van der Waals surface area contributed by atoms with Gasteiger partial charge in [0.1, 0.15) is 0 Å². The molecule has 0 spiro atoms. The topological polar surface area (TPSA) is 29.3 Å². The Kier molecular flexibility index (Phi) is 2.37. The maximum Gasteiger partial charge on any atom is 0.0842 e. The standard InChI is InChI=1S/C9H10Cl2N2/c10-7-4-3-6-2-1-5-13(12)9(6)8(7)11/h3-4H,1-2,5,12H2. The fraction of sp³-hybridized carbons (Fsp3) is 0.333. The quantitative estimate of drug-likeness (QED) is 0.677. The van der Waals surface area contributed by atoms with Gasteiger partial charge >= 0.3 is 0 Å². The first-order valence-corrected chi connectivity index (χ1v) is 4.95. The first-order chi connectivity index (χ1) is 6.20. The van der Waals surface area contributed by atoms with Crippen molar-refractivity contribution in [2.75, 3.05) is 11.6 Å². The Labute approximate surface area is 87.2 Å². The van der Waals surface area contributed by atoms with Crippen LogP contribution >= 0.6 is 23.2 Å². The highest BCUT2D eigenvalue weighted by molar-refractivity contribution is 6.43. The van der Waals surface area contributed by atoms with Crippen molar-refractivity contribution >= 4 is 28.9 Å². The Morgan fingerprint density at radius 1 is 1.31 bits per heavy atom. The summed E-state index contributed by atoms with van der Waals surface area (Å²) in [5.74, 6) is 5.81. The van der Waals surface area contributed by atoms with E-state index in [0.29, 0.717) is 10.0 Å². The van der Waals surface area contributed by atoms with Crippen molar-refractivity contribution in [3.63, 3.8) is 0 Å². The van der Waals surface area contributed by atoms with Crippen molar-refractivity contribution < 1.29 is 0 Å². The largest absolute Gasteiger partial charge is 0.309 e. The SMILES string of the molecule is NN1CCCc2ccc(Cl)c(Cl)c21. The predicted molar refractivity (Wildman–Crippen MR) is 56.3 cm³/mol. The summed E-state index contributed by atoms with van der Waals surface area (Å²) in [6.07, 6.45) is 2.10. The molecule has 2 rings (SSSR count). The number of nitrogens with zero attached hydrogens (tertiary/aromatic N) is 1. The van der Waals surface area contributed by atoms with E-state index in [-0.39, 0.29) is 0 Å². The number of benzene rings is 1. The van der Waals surface area contributed by atoms with E-state index in [9.17, 15) is 0 Å². The normalized spacial score (nSPS) is 15.8. The maximum absolute atomic E-state index is 6.05. The third-order valence-electron chi connectivity index (χ3n) is 2.28. The van der Waals surface area contributed by atoms with Crippen LogP contribution in [-0.4, -0.2) is 6.54 Å². The highest BCUT2D eigenvalue weighted by Crippen LogP contribution is 2.37. The van der Waals surface area contributed by atoms with Gasteiger partial charge in [-0.15, -0.1) is 0 Å². The van der Waals surface area contributed by atoms with Crippen LogP contribution < -0.4 is 10.9 Å². The van der Waals surface area contributed by atoms with E-state index in [1.54, 1.807) is 5.01 Å². The molecule has 0 saturated heterocycles. The summed E-state index contributed by atoms with van der Waals surface area (Å²) in [6.45, 7) is 0.840. The molecule has 0 saturated carbocycles. The summed E-state index contributed by atoms with van der Waals surface area (Å²) in [7, 11) is 0. The molecule has 1 aromatic rings. The van der Waals surface area contributed by atoms with Crippen LogP contribution in [0.4, 0.5) is 5.69 Å². The average molecular weight is 217 g/mol. The lowest BCUT2D eigenvalue weighted by atomic mass is 10.0. The summed E-state index contributed by atoms with van der Waals surface area (Å²) in [5.41, 5.74) is 2.07. The van der Waals surface area contributed by atoms with E-state index < -0.39 is 0 Å². The van der Waals surface area contributed by atoms with Gasteiger partial charge in [0.15, 0.2) is 0 Å². The van der Waals surface area contributed by atoms with Crippen molar-refractivity contribution in [1.82, 2.24) is 0 Å². The Morgan fingerprint density at radius 2 is 2.08 bits per heavy atom. The van der Waals surface area contributed by atoms with Gasteiger partial charge in [0.25, 0.3) is 0 Å². The number of aryl methyl sites for hydroxylation is 1. The highest BCUT2D eigenvalue weighted by Gasteiger charge is 2.18. The van der Waals surface area contributed by atoms with Crippen LogP contribution in [-0.2, 0) is 6.42 Å². The first kappa shape index (κ1) is 9.13. The molecule has 1 aromatic carbocycles. The molecule has 4 heteroatoms. The molecule has 70 valence electrons. The van der Waals surface area contributed by atoms with Gasteiger partial charge in [-0.3, -0.25) is 0 Å². The molecule has 0 aliphatic carbocycles. The van der Waals surface area contributed by atoms with Gasteiger partial charge in [0.05, 0.1) is 15.7 Å². The van der Waals surface area contributed by atoms with Crippen molar-refractivity contribution in [3.8, 4) is 0 Å². The summed E-state index contributed by atoms with van der Waals surface area (Å²) in [4.78, 5) is 0. The van der Waals surface area contributed by atoms with Gasteiger partial charge in [-0.1, -0.05) is 29.3 Å². The van der Waals surface area contributed by atoms with E-state index in [1.807, 2.05) is 12.1 Å². The van der Waals surface area contributed by atoms with Gasteiger partial charge in [0, 0.05) is 6.54 Å². The summed E-state index contributed by atoms with van der Waals surface area (Å²) >= 11 is 11.9. The zero-order chi connectivity index (χ0) is 9.42. The number of anilines is 1. The van der Waals surface area contributed by atoms with Crippen molar-refractivity contribution in [2.24, 2.45) is 5.84 Å². The molecule has 0 atom stereocenters. The first-order valence-electron chi connectivity index (χ1n) is 4.19. The summed E-state index contributed by atoms with van der Waals surface area (Å²) in [6, 6.07) is 3.81. The summed E-state index contributed by atoms with van der Waals surface area (Å²) in [5, 5.41) is 2.81. The third kappa shape index (κ3) is 1.50. The van der Waals surface area contributed by atoms with E-state index >= 15 is 0 Å². The molecule has 0 bridgehead atoms. The Hall–Kier alpha value is -0.440. The van der Waals surface area contributed by atoms with E-state index in [0.717, 1.165) is 25.1 Å². The minimum atomic E-state index is 0.567. The van der Waals surface area contributed by atoms with Gasteiger partial charge in [0.2, 0.25) is 0 Å². The van der Waals surface area contributed by atoms with Crippen LogP contribution in [0.2, 0.25) is 10.0 Å². The second kappa shape index (κ2) is 3.37. The molecule has 0 radical (unpaired) electrons. The molecule has 0 aromatic heterocycles. The number of hydrazine groups is 1. The molecule has 1 aliphatic heterocycles. The van der Waals surface area contributed by atoms with E-state index in [4.69, 9.17) is 29.0 Å². The van der Waals surface area contributed by atoms with Crippen LogP contribution in [0.25, 0.3) is 0 Å². The molecular weight excluding hydrogens is 207 g/mol. The van der Waals surface area contributed by atoms with Gasteiger partial charge in [-0.25, -0.2) is 5.84 Å². The van der Waals surface area contributed by atoms with Crippen molar-refractivity contribution in [3.05, 3.63) is 27.7 Å². The van der Waals surface area contributed by atoms with Gasteiger partial charge in [-0.2, -0.15) is 0 Å². The molecule has 0 amide bonds. The number of rotatable bonds is 0. The number of nitrogens with two attached hydrogens (primary N) is 1. The Bertz CT molecular complexity index is 339. The molecular formula is C9H10Cl2N2. The minimum absolute atomic E-state index is 0.567. The van der Waals surface area contributed by atoms with Crippen molar-refractivity contribution in [1.29, 1.82) is 0 Å². The zero-order valence-corrected chi connectivity index (χ0v) is 8.57. The molecule has 0 fully saturated rings. The monoisotopic (exact) mass is 216 g/mol. The second-order valence-electron chi connectivity index (χ2n) is 3.17. The average Bonchev–Trinajstić information content (AvgIpc) is 2.12. The van der Waals surface area contributed by atoms with Gasteiger partial charge < -0.3 is 5.01 Å². The molecule has 1 aliphatic rings. The van der Waals surface area contributed by atoms with Crippen LogP contribution in [0.3, 0.4) is 0 Å². The molecule has 2 N–H and O–H groups in total. The Morgan fingerprint density at radius 3 is 2.85 bits per heavy atom. The van der Waals surface area contributed by atoms with Crippen LogP contribution in [0.1, 0.15) is 12.0 Å². The smallest absolute Gasteiger partial charge is 0.0842 e. The van der Waals surface area contributed by atoms with Crippen LogP contribution in [0, 0.1) is 0 Å². The zero-order valence-electron chi connectivity index (χ0n) is 7.06. The van der Waals surface area contributed by atoms with Crippen LogP contribution in [0.15, 0.2) is 12.1 Å². The number of fused-ring (bicyclic) bond motifs is 1. The molecule has 13 heavy (non-hydrogen) atoms. The third-order valence-corrected chi connectivity index (χ3v) is 3.08. The maximum atomic E-state index is 6.05. The highest BCUT2D eigenvalue weighted by atomic mass is 35.5. The molecule has 0 unspecified atom stereocenters. The minimum Gasteiger partial charge on any atom is -0.309 e. The fourth-order valence-electron chi connectivity index (χ4n) is 1.64. The number of halogens is 2. The van der Waals surface area contributed by atoms with Crippen molar-refractivity contribution in [2.45, 2.75) is 12.8 Å². The number of hydrogen-bond donors (Lipinski definition) is 1. The predicted octanol–water partition coefficient (Wildman–Crippen LogP) is 2.62. The van der Waals surface area contributed by atoms with Gasteiger partial charge in [-0.05, 0) is 24.5 Å². The Balaban J connectivity index is 2.58.